The SMILES string of the molecule is CC(=O)C1=NN(c2ccc(Cl)c(Cl)c2)C(C=Cc2ccccc2)N1c1ccc(NC(=O)C(C)C)cc1. The van der Waals surface area contributed by atoms with Gasteiger partial charge in [0, 0.05) is 24.2 Å². The smallest absolute Gasteiger partial charge is 0.226 e. The van der Waals surface area contributed by atoms with Crippen molar-refractivity contribution in [2.75, 3.05) is 15.2 Å². The molecule has 0 fully saturated rings. The minimum Gasteiger partial charge on any atom is -0.326 e. The van der Waals surface area contributed by atoms with Crippen LogP contribution in [0.2, 0.25) is 10.0 Å². The Morgan fingerprint density at radius 2 is 1.61 bits per heavy atom. The Morgan fingerprint density at radius 3 is 2.22 bits per heavy atom. The molecule has 0 radical (unpaired) electrons. The maximum Gasteiger partial charge on any atom is 0.226 e. The number of nitrogens with one attached hydrogen (secondary N) is 1. The number of carbonyl (C=O) groups excluding carboxylic acids is 2. The molecule has 1 heterocycles. The lowest BCUT2D eigenvalue weighted by atomic mass is 10.1. The maximum absolute atomic E-state index is 12.7. The fourth-order valence-corrected chi connectivity index (χ4v) is 4.01. The van der Waals surface area contributed by atoms with Crippen LogP contribution in [0.15, 0.2) is 84.0 Å². The Balaban J connectivity index is 1.75. The van der Waals surface area contributed by atoms with Gasteiger partial charge >= 0.3 is 0 Å². The number of hydrogen-bond donors (Lipinski definition) is 1. The Morgan fingerprint density at radius 1 is 0.944 bits per heavy atom. The second-order valence-electron chi connectivity index (χ2n) is 8.67. The number of amidine groups is 1. The summed E-state index contributed by atoms with van der Waals surface area (Å²) in [6, 6.07) is 22.5. The van der Waals surface area contributed by atoms with E-state index in [0.29, 0.717) is 21.4 Å². The lowest BCUT2D eigenvalue weighted by molar-refractivity contribution is -0.119. The van der Waals surface area contributed by atoms with E-state index in [4.69, 9.17) is 23.2 Å². The average molecular weight is 521 g/mol. The van der Waals surface area contributed by atoms with Crippen molar-refractivity contribution in [2.45, 2.75) is 26.9 Å². The number of amides is 1. The second-order valence-corrected chi connectivity index (χ2v) is 9.48. The van der Waals surface area contributed by atoms with E-state index in [9.17, 15) is 9.59 Å². The van der Waals surface area contributed by atoms with Gasteiger partial charge in [-0.15, -0.1) is 5.10 Å². The fraction of sp³-hybridized carbons (Fsp3) is 0.179. The number of Topliss-reactive ketones (excluding diaryl/α,β-unsaturated/α-hetero) is 1. The molecule has 8 heteroatoms. The Bertz CT molecular complexity index is 1320. The molecule has 1 atom stereocenters. The van der Waals surface area contributed by atoms with Gasteiger partial charge in [-0.25, -0.2) is 5.01 Å². The highest BCUT2D eigenvalue weighted by atomic mass is 35.5. The van der Waals surface area contributed by atoms with Crippen molar-refractivity contribution >= 4 is 63.9 Å². The van der Waals surface area contributed by atoms with E-state index in [1.54, 1.807) is 17.1 Å². The molecule has 36 heavy (non-hydrogen) atoms. The fourth-order valence-electron chi connectivity index (χ4n) is 3.72. The van der Waals surface area contributed by atoms with Gasteiger partial charge in [0.25, 0.3) is 0 Å². The Kier molecular flexibility index (Phi) is 7.77. The number of carbonyl (C=O) groups is 2. The van der Waals surface area contributed by atoms with Crippen molar-refractivity contribution in [1.29, 1.82) is 0 Å². The van der Waals surface area contributed by atoms with Crippen molar-refractivity contribution in [3.63, 3.8) is 0 Å². The molecule has 1 aliphatic rings. The van der Waals surface area contributed by atoms with E-state index in [2.05, 4.69) is 10.4 Å². The van der Waals surface area contributed by atoms with Crippen molar-refractivity contribution < 1.29 is 9.59 Å². The Labute approximate surface area is 220 Å². The summed E-state index contributed by atoms with van der Waals surface area (Å²) in [5.74, 6) is -0.105. The van der Waals surface area contributed by atoms with E-state index >= 15 is 0 Å². The van der Waals surface area contributed by atoms with Gasteiger partial charge < -0.3 is 5.32 Å². The van der Waals surface area contributed by atoms with Gasteiger partial charge in [-0.2, -0.15) is 0 Å². The van der Waals surface area contributed by atoms with Gasteiger partial charge in [-0.05, 0) is 54.1 Å². The van der Waals surface area contributed by atoms with E-state index < -0.39 is 6.17 Å². The molecule has 0 aliphatic carbocycles. The van der Waals surface area contributed by atoms with Crippen LogP contribution >= 0.6 is 23.2 Å². The molecular formula is C28H26Cl2N4O2. The van der Waals surface area contributed by atoms with E-state index in [-0.39, 0.29) is 23.4 Å². The summed E-state index contributed by atoms with van der Waals surface area (Å²) >= 11 is 12.5. The molecule has 3 aromatic rings. The standard InChI is InChI=1S/C28H26Cl2N4O2/c1-18(2)28(36)31-21-10-12-22(13-11-21)33-26(16-9-20-7-5-4-6-8-20)34(32-27(33)19(3)35)23-14-15-24(29)25(30)17-23/h4-18,26H,1-3H3,(H,31,36). The van der Waals surface area contributed by atoms with E-state index in [1.165, 1.54) is 6.92 Å². The molecule has 6 nitrogen and oxygen atoms in total. The Hall–Kier alpha value is -3.61. The molecular weight excluding hydrogens is 495 g/mol. The van der Waals surface area contributed by atoms with Crippen LogP contribution in [-0.2, 0) is 9.59 Å². The zero-order chi connectivity index (χ0) is 25.8. The highest BCUT2D eigenvalue weighted by molar-refractivity contribution is 6.44. The molecule has 0 spiro atoms. The quantitative estimate of drug-likeness (QED) is 0.369. The lowest BCUT2D eigenvalue weighted by Gasteiger charge is -2.29. The van der Waals surface area contributed by atoms with Crippen LogP contribution in [0.4, 0.5) is 17.1 Å². The zero-order valence-corrected chi connectivity index (χ0v) is 21.7. The highest BCUT2D eigenvalue weighted by Crippen LogP contribution is 2.34. The predicted molar refractivity (Wildman–Crippen MR) is 149 cm³/mol. The highest BCUT2D eigenvalue weighted by Gasteiger charge is 2.36. The topological polar surface area (TPSA) is 65.0 Å². The van der Waals surface area contributed by atoms with Gasteiger partial charge in [0.05, 0.1) is 15.7 Å². The molecule has 0 saturated carbocycles. The minimum absolute atomic E-state index is 0.0654. The first kappa shape index (κ1) is 25.5. The first-order valence-electron chi connectivity index (χ1n) is 11.5. The number of hydrogen-bond acceptors (Lipinski definition) is 5. The van der Waals surface area contributed by atoms with Gasteiger partial charge in [-0.1, -0.05) is 73.5 Å². The summed E-state index contributed by atoms with van der Waals surface area (Å²) in [5.41, 5.74) is 3.12. The summed E-state index contributed by atoms with van der Waals surface area (Å²) in [6.07, 6.45) is 3.50. The van der Waals surface area contributed by atoms with Gasteiger partial charge in [-0.3, -0.25) is 14.5 Å². The van der Waals surface area contributed by atoms with Gasteiger partial charge in [0.15, 0.2) is 11.6 Å². The largest absolute Gasteiger partial charge is 0.326 e. The first-order valence-corrected chi connectivity index (χ1v) is 12.3. The first-order chi connectivity index (χ1) is 17.2. The van der Waals surface area contributed by atoms with Crippen LogP contribution in [0.3, 0.4) is 0 Å². The molecule has 0 saturated heterocycles. The number of halogens is 2. The molecule has 1 aliphatic heterocycles. The monoisotopic (exact) mass is 520 g/mol. The third-order valence-corrected chi connectivity index (χ3v) is 6.37. The maximum atomic E-state index is 12.7. The molecule has 1 amide bonds. The molecule has 0 aromatic heterocycles. The number of anilines is 3. The number of rotatable bonds is 7. The second kappa shape index (κ2) is 11.0. The number of benzene rings is 3. The van der Waals surface area contributed by atoms with Crippen LogP contribution in [0.5, 0.6) is 0 Å². The van der Waals surface area contributed by atoms with Gasteiger partial charge in [0.1, 0.15) is 6.17 Å². The summed E-state index contributed by atoms with van der Waals surface area (Å²) < 4.78 is 0. The summed E-state index contributed by atoms with van der Waals surface area (Å²) in [6.45, 7) is 5.16. The molecule has 184 valence electrons. The molecule has 1 N–H and O–H groups in total. The third kappa shape index (κ3) is 5.61. The summed E-state index contributed by atoms with van der Waals surface area (Å²) in [5, 5.41) is 10.1. The number of ketones is 1. The van der Waals surface area contributed by atoms with Crippen LogP contribution in [0, 0.1) is 5.92 Å². The van der Waals surface area contributed by atoms with Crippen molar-refractivity contribution in [1.82, 2.24) is 0 Å². The minimum atomic E-state index is -0.461. The normalized spacial score (nSPS) is 15.5. The lowest BCUT2D eigenvalue weighted by Crippen LogP contribution is -2.43. The average Bonchev–Trinajstić information content (AvgIpc) is 3.25. The van der Waals surface area contributed by atoms with E-state index in [0.717, 1.165) is 11.3 Å². The predicted octanol–water partition coefficient (Wildman–Crippen LogP) is 6.86. The molecule has 0 bridgehead atoms. The molecule has 1 unspecified atom stereocenters. The molecule has 4 rings (SSSR count). The van der Waals surface area contributed by atoms with Crippen LogP contribution in [0.1, 0.15) is 26.3 Å². The third-order valence-electron chi connectivity index (χ3n) is 5.63. The van der Waals surface area contributed by atoms with Crippen LogP contribution in [-0.4, -0.2) is 23.7 Å². The van der Waals surface area contributed by atoms with Gasteiger partial charge in [0.2, 0.25) is 5.91 Å². The van der Waals surface area contributed by atoms with Crippen molar-refractivity contribution in [2.24, 2.45) is 11.0 Å². The number of nitrogens with zero attached hydrogens (tertiary/aromatic N) is 3. The van der Waals surface area contributed by atoms with Crippen LogP contribution < -0.4 is 15.2 Å². The van der Waals surface area contributed by atoms with Crippen molar-refractivity contribution in [3.8, 4) is 0 Å². The molecule has 3 aromatic carbocycles. The zero-order valence-electron chi connectivity index (χ0n) is 20.2. The van der Waals surface area contributed by atoms with Crippen LogP contribution in [0.25, 0.3) is 6.08 Å². The summed E-state index contributed by atoms with van der Waals surface area (Å²) in [4.78, 5) is 26.7. The van der Waals surface area contributed by atoms with Crippen molar-refractivity contribution in [3.05, 3.63) is 94.5 Å². The summed E-state index contributed by atoms with van der Waals surface area (Å²) in [7, 11) is 0. The van der Waals surface area contributed by atoms with E-state index in [1.807, 2.05) is 91.6 Å². The number of hydrazone groups is 1.